The van der Waals surface area contributed by atoms with Crippen molar-refractivity contribution in [3.8, 4) is 5.75 Å². The van der Waals surface area contributed by atoms with E-state index in [9.17, 15) is 4.79 Å². The number of thioether (sulfide) groups is 1. The second kappa shape index (κ2) is 11.6. The van der Waals surface area contributed by atoms with Crippen molar-refractivity contribution in [2.75, 3.05) is 56.5 Å². The van der Waals surface area contributed by atoms with E-state index >= 15 is 0 Å². The Morgan fingerprint density at radius 2 is 1.86 bits per heavy atom. The molecule has 0 saturated carbocycles. The van der Waals surface area contributed by atoms with Crippen LogP contribution in [0, 0.1) is 0 Å². The van der Waals surface area contributed by atoms with Crippen molar-refractivity contribution in [1.29, 1.82) is 0 Å². The average Bonchev–Trinajstić information content (AvgIpc) is 2.77. The van der Waals surface area contributed by atoms with E-state index in [1.54, 1.807) is 24.2 Å². The van der Waals surface area contributed by atoms with Crippen LogP contribution in [0.3, 0.4) is 0 Å². The van der Waals surface area contributed by atoms with Crippen molar-refractivity contribution in [3.05, 3.63) is 42.7 Å². The number of amides is 1. The van der Waals surface area contributed by atoms with E-state index in [-0.39, 0.29) is 5.91 Å². The van der Waals surface area contributed by atoms with Gasteiger partial charge in [0.2, 0.25) is 11.9 Å². The maximum Gasteiger partial charge on any atom is 0.230 e. The van der Waals surface area contributed by atoms with Crippen LogP contribution in [0.5, 0.6) is 5.75 Å². The topological polar surface area (TPSA) is 70.6 Å². The normalized spacial score (nSPS) is 14.6. The zero-order valence-electron chi connectivity index (χ0n) is 16.9. The number of aromatic nitrogens is 2. The number of piperazine rings is 1. The quantitative estimate of drug-likeness (QED) is 0.472. The fourth-order valence-corrected chi connectivity index (χ4v) is 3.88. The molecule has 2 heterocycles. The SMILES string of the molecule is CCOc1ccc(SCC(=O)NCCCN2CCN(c3ncccn3)CC2)cc1. The zero-order valence-corrected chi connectivity index (χ0v) is 17.7. The highest BCUT2D eigenvalue weighted by Gasteiger charge is 2.18. The smallest absolute Gasteiger partial charge is 0.230 e. The van der Waals surface area contributed by atoms with Gasteiger partial charge in [0.1, 0.15) is 5.75 Å². The molecule has 0 aliphatic carbocycles. The minimum Gasteiger partial charge on any atom is -0.494 e. The molecular weight excluding hydrogens is 386 g/mol. The molecular formula is C21H29N5O2S. The van der Waals surface area contributed by atoms with Crippen LogP contribution in [0.15, 0.2) is 47.6 Å². The molecule has 0 unspecified atom stereocenters. The number of ether oxygens (including phenoxy) is 1. The van der Waals surface area contributed by atoms with Gasteiger partial charge in [-0.1, -0.05) is 0 Å². The van der Waals surface area contributed by atoms with E-state index in [2.05, 4.69) is 25.1 Å². The van der Waals surface area contributed by atoms with Crippen molar-refractivity contribution in [2.24, 2.45) is 0 Å². The number of rotatable bonds is 10. The number of nitrogens with one attached hydrogen (secondary N) is 1. The predicted molar refractivity (Wildman–Crippen MR) is 117 cm³/mol. The fourth-order valence-electron chi connectivity index (χ4n) is 3.16. The van der Waals surface area contributed by atoms with Crippen LogP contribution in [0.2, 0.25) is 0 Å². The highest BCUT2D eigenvalue weighted by Crippen LogP contribution is 2.21. The summed E-state index contributed by atoms with van der Waals surface area (Å²) in [5.41, 5.74) is 0. The van der Waals surface area contributed by atoms with E-state index in [0.29, 0.717) is 18.9 Å². The molecule has 156 valence electrons. The summed E-state index contributed by atoms with van der Waals surface area (Å²) in [6.07, 6.45) is 4.53. The maximum absolute atomic E-state index is 12.0. The summed E-state index contributed by atoms with van der Waals surface area (Å²) >= 11 is 1.54. The van der Waals surface area contributed by atoms with E-state index in [0.717, 1.165) is 55.7 Å². The Labute approximate surface area is 176 Å². The van der Waals surface area contributed by atoms with Crippen LogP contribution in [-0.4, -0.2) is 72.4 Å². The van der Waals surface area contributed by atoms with Gasteiger partial charge in [0.05, 0.1) is 12.4 Å². The largest absolute Gasteiger partial charge is 0.494 e. The maximum atomic E-state index is 12.0. The summed E-state index contributed by atoms with van der Waals surface area (Å²) in [5.74, 6) is 2.18. The number of carbonyl (C=O) groups excluding carboxylic acids is 1. The number of benzene rings is 1. The third-order valence-corrected chi connectivity index (χ3v) is 5.70. The third-order valence-electron chi connectivity index (χ3n) is 4.69. The highest BCUT2D eigenvalue weighted by atomic mass is 32.2. The van der Waals surface area contributed by atoms with Crippen LogP contribution in [0.4, 0.5) is 5.95 Å². The summed E-state index contributed by atoms with van der Waals surface area (Å²) in [6, 6.07) is 9.69. The van der Waals surface area contributed by atoms with Crippen molar-refractivity contribution >= 4 is 23.6 Å². The van der Waals surface area contributed by atoms with Crippen LogP contribution in [-0.2, 0) is 4.79 Å². The van der Waals surface area contributed by atoms with E-state index in [1.807, 2.05) is 37.3 Å². The first kappa shape index (κ1) is 21.4. The van der Waals surface area contributed by atoms with Gasteiger partial charge in [-0.25, -0.2) is 9.97 Å². The average molecular weight is 416 g/mol. The molecule has 1 amide bonds. The van der Waals surface area contributed by atoms with Gasteiger partial charge in [-0.3, -0.25) is 9.69 Å². The minimum absolute atomic E-state index is 0.0786. The lowest BCUT2D eigenvalue weighted by atomic mass is 10.3. The molecule has 1 aliphatic rings. The second-order valence-electron chi connectivity index (χ2n) is 6.77. The first-order valence-corrected chi connectivity index (χ1v) is 11.1. The Hall–Kier alpha value is -2.32. The number of hydrogen-bond donors (Lipinski definition) is 1. The Kier molecular flexibility index (Phi) is 8.58. The van der Waals surface area contributed by atoms with Gasteiger partial charge in [-0.15, -0.1) is 11.8 Å². The van der Waals surface area contributed by atoms with Crippen molar-refractivity contribution in [1.82, 2.24) is 20.2 Å². The molecule has 2 aromatic rings. The van der Waals surface area contributed by atoms with Crippen LogP contribution in [0.25, 0.3) is 0 Å². The zero-order chi connectivity index (χ0) is 20.3. The molecule has 1 fully saturated rings. The molecule has 1 aliphatic heterocycles. The molecule has 29 heavy (non-hydrogen) atoms. The summed E-state index contributed by atoms with van der Waals surface area (Å²) in [6.45, 7) is 8.21. The molecule has 3 rings (SSSR count). The molecule has 7 nitrogen and oxygen atoms in total. The van der Waals surface area contributed by atoms with E-state index in [1.165, 1.54) is 0 Å². The molecule has 0 spiro atoms. The number of anilines is 1. The van der Waals surface area contributed by atoms with Crippen LogP contribution < -0.4 is 15.0 Å². The Morgan fingerprint density at radius 3 is 2.55 bits per heavy atom. The Morgan fingerprint density at radius 1 is 1.14 bits per heavy atom. The molecule has 1 N–H and O–H groups in total. The van der Waals surface area contributed by atoms with Crippen molar-refractivity contribution in [3.63, 3.8) is 0 Å². The molecule has 0 bridgehead atoms. The predicted octanol–water partition coefficient (Wildman–Crippen LogP) is 2.30. The summed E-state index contributed by atoms with van der Waals surface area (Å²) < 4.78 is 5.43. The Balaban J connectivity index is 1.25. The van der Waals surface area contributed by atoms with Crippen LogP contribution in [0.1, 0.15) is 13.3 Å². The summed E-state index contributed by atoms with van der Waals surface area (Å²) in [4.78, 5) is 26.4. The molecule has 8 heteroatoms. The van der Waals surface area contributed by atoms with Gasteiger partial charge in [-0.05, 0) is 50.2 Å². The van der Waals surface area contributed by atoms with Gasteiger partial charge in [0.15, 0.2) is 0 Å². The van der Waals surface area contributed by atoms with Crippen LogP contribution >= 0.6 is 11.8 Å². The van der Waals surface area contributed by atoms with Gasteiger partial charge >= 0.3 is 0 Å². The molecule has 0 atom stereocenters. The number of carbonyl (C=O) groups is 1. The summed E-state index contributed by atoms with van der Waals surface area (Å²) in [7, 11) is 0. The molecule has 1 aromatic heterocycles. The number of nitrogens with zero attached hydrogens (tertiary/aromatic N) is 4. The van der Waals surface area contributed by atoms with Gasteiger partial charge in [0.25, 0.3) is 0 Å². The number of hydrogen-bond acceptors (Lipinski definition) is 7. The van der Waals surface area contributed by atoms with E-state index in [4.69, 9.17) is 4.74 Å². The first-order chi connectivity index (χ1) is 14.2. The van der Waals surface area contributed by atoms with Crippen molar-refractivity contribution in [2.45, 2.75) is 18.2 Å². The molecule has 1 saturated heterocycles. The second-order valence-corrected chi connectivity index (χ2v) is 7.82. The molecule has 1 aromatic carbocycles. The molecule has 0 radical (unpaired) electrons. The standard InChI is InChI=1S/C21H29N5O2S/c1-2-28-18-5-7-19(8-6-18)29-17-20(27)22-11-4-12-25-13-15-26(16-14-25)21-23-9-3-10-24-21/h3,5-10H,2,4,11-17H2,1H3,(H,22,27). The third kappa shape index (κ3) is 7.21. The van der Waals surface area contributed by atoms with Gasteiger partial charge in [0, 0.05) is 50.0 Å². The lowest BCUT2D eigenvalue weighted by Gasteiger charge is -2.34. The van der Waals surface area contributed by atoms with Gasteiger partial charge < -0.3 is 15.0 Å². The lowest BCUT2D eigenvalue weighted by Crippen LogP contribution is -2.47. The highest BCUT2D eigenvalue weighted by molar-refractivity contribution is 8.00. The monoisotopic (exact) mass is 415 g/mol. The van der Waals surface area contributed by atoms with Gasteiger partial charge in [-0.2, -0.15) is 0 Å². The van der Waals surface area contributed by atoms with E-state index < -0.39 is 0 Å². The Bertz CT molecular complexity index is 736. The first-order valence-electron chi connectivity index (χ1n) is 10.1. The minimum atomic E-state index is 0.0786. The summed E-state index contributed by atoms with van der Waals surface area (Å²) in [5, 5.41) is 3.02. The lowest BCUT2D eigenvalue weighted by molar-refractivity contribution is -0.118. The fraction of sp³-hybridized carbons (Fsp3) is 0.476. The van der Waals surface area contributed by atoms with Crippen molar-refractivity contribution < 1.29 is 9.53 Å².